The molecule has 2 aliphatic rings. The second-order valence-electron chi connectivity index (χ2n) is 5.19. The van der Waals surface area contributed by atoms with Gasteiger partial charge >= 0.3 is 0 Å². The highest BCUT2D eigenvalue weighted by Gasteiger charge is 2.47. The average Bonchev–Trinajstić information content (AvgIpc) is 2.85. The van der Waals surface area contributed by atoms with Crippen LogP contribution >= 0.6 is 0 Å². The summed E-state index contributed by atoms with van der Waals surface area (Å²) in [4.78, 5) is 12.0. The number of carbonyl (C=O) groups is 1. The van der Waals surface area contributed by atoms with Gasteiger partial charge in [-0.1, -0.05) is 19.8 Å². The highest BCUT2D eigenvalue weighted by Crippen LogP contribution is 2.54. The van der Waals surface area contributed by atoms with Gasteiger partial charge in [0, 0.05) is 16.9 Å². The summed E-state index contributed by atoms with van der Waals surface area (Å²) in [6, 6.07) is 1.96. The van der Waals surface area contributed by atoms with Crippen molar-refractivity contribution in [3.8, 4) is 0 Å². The zero-order valence-corrected chi connectivity index (χ0v) is 9.53. The van der Waals surface area contributed by atoms with Crippen molar-refractivity contribution in [2.45, 2.75) is 32.6 Å². The molecule has 0 bridgehead atoms. The van der Waals surface area contributed by atoms with Gasteiger partial charge in [0.15, 0.2) is 5.78 Å². The topological polar surface area (TPSA) is 30.2 Å². The van der Waals surface area contributed by atoms with Gasteiger partial charge in [-0.3, -0.25) is 4.79 Å². The van der Waals surface area contributed by atoms with E-state index >= 15 is 0 Å². The first-order chi connectivity index (χ1) is 7.72. The lowest BCUT2D eigenvalue weighted by atomic mass is 9.65. The highest BCUT2D eigenvalue weighted by molar-refractivity contribution is 6.05. The smallest absolute Gasteiger partial charge is 0.159 e. The monoisotopic (exact) mass is 216 g/mol. The summed E-state index contributed by atoms with van der Waals surface area (Å²) in [5, 5.41) is 0. The molecule has 16 heavy (non-hydrogen) atoms. The predicted octanol–water partition coefficient (Wildman–Crippen LogP) is 3.44. The van der Waals surface area contributed by atoms with E-state index < -0.39 is 0 Å². The van der Waals surface area contributed by atoms with Crippen LogP contribution in [0.2, 0.25) is 0 Å². The normalized spacial score (nSPS) is 33.7. The number of hydrogen-bond donors (Lipinski definition) is 0. The Morgan fingerprint density at radius 1 is 1.44 bits per heavy atom. The van der Waals surface area contributed by atoms with Crippen LogP contribution < -0.4 is 0 Å². The maximum Gasteiger partial charge on any atom is 0.159 e. The third-order valence-corrected chi connectivity index (χ3v) is 4.29. The van der Waals surface area contributed by atoms with Gasteiger partial charge in [-0.25, -0.2) is 0 Å². The number of carbonyl (C=O) groups excluding carboxylic acids is 1. The third kappa shape index (κ3) is 1.22. The van der Waals surface area contributed by atoms with Crippen molar-refractivity contribution in [3.05, 3.63) is 30.2 Å². The predicted molar refractivity (Wildman–Crippen MR) is 61.8 cm³/mol. The Morgan fingerprint density at radius 2 is 2.31 bits per heavy atom. The molecule has 84 valence electrons. The van der Waals surface area contributed by atoms with E-state index in [-0.39, 0.29) is 11.3 Å². The van der Waals surface area contributed by atoms with Crippen molar-refractivity contribution >= 4 is 11.4 Å². The molecule has 0 aromatic carbocycles. The Kier molecular flexibility index (Phi) is 2.06. The Morgan fingerprint density at radius 3 is 3.06 bits per heavy atom. The molecule has 1 aromatic heterocycles. The SMILES string of the molecule is C[C@]12CCCC[C@H]1C(=O)C=C2c1ccoc1. The van der Waals surface area contributed by atoms with Crippen molar-refractivity contribution in [1.29, 1.82) is 0 Å². The molecule has 1 aromatic rings. The first-order valence-electron chi connectivity index (χ1n) is 6.00. The summed E-state index contributed by atoms with van der Waals surface area (Å²) in [5.41, 5.74) is 2.33. The molecule has 0 spiro atoms. The summed E-state index contributed by atoms with van der Waals surface area (Å²) in [5.74, 6) is 0.532. The van der Waals surface area contributed by atoms with Crippen LogP contribution in [0.5, 0.6) is 0 Å². The number of rotatable bonds is 1. The summed E-state index contributed by atoms with van der Waals surface area (Å²) in [6.45, 7) is 2.24. The first-order valence-corrected chi connectivity index (χ1v) is 6.00. The number of allylic oxidation sites excluding steroid dienone is 2. The van der Waals surface area contributed by atoms with E-state index in [0.717, 1.165) is 18.4 Å². The lowest BCUT2D eigenvalue weighted by Gasteiger charge is -2.37. The van der Waals surface area contributed by atoms with Crippen LogP contribution in [-0.4, -0.2) is 5.78 Å². The van der Waals surface area contributed by atoms with E-state index in [1.807, 2.05) is 12.1 Å². The minimum atomic E-state index is 0.0548. The molecule has 1 heterocycles. The summed E-state index contributed by atoms with van der Waals surface area (Å²) in [7, 11) is 0. The van der Waals surface area contributed by atoms with E-state index in [1.54, 1.807) is 12.5 Å². The van der Waals surface area contributed by atoms with Gasteiger partial charge in [0.25, 0.3) is 0 Å². The Bertz CT molecular complexity index is 441. The van der Waals surface area contributed by atoms with E-state index in [4.69, 9.17) is 4.42 Å². The van der Waals surface area contributed by atoms with Crippen molar-refractivity contribution in [2.75, 3.05) is 0 Å². The zero-order chi connectivity index (χ0) is 11.2. The minimum Gasteiger partial charge on any atom is -0.472 e. The maximum atomic E-state index is 12.0. The van der Waals surface area contributed by atoms with E-state index in [9.17, 15) is 4.79 Å². The second kappa shape index (κ2) is 3.34. The molecule has 2 aliphatic carbocycles. The standard InChI is InChI=1S/C14H16O2/c1-14-6-3-2-4-11(14)13(15)8-12(14)10-5-7-16-9-10/h5,7-9,11H,2-4,6H2,1H3/t11-,14-/m0/s1. The largest absolute Gasteiger partial charge is 0.472 e. The van der Waals surface area contributed by atoms with Crippen molar-refractivity contribution in [2.24, 2.45) is 11.3 Å². The molecule has 3 rings (SSSR count). The first kappa shape index (κ1) is 9.88. The van der Waals surface area contributed by atoms with Crippen LogP contribution in [0.4, 0.5) is 0 Å². The molecule has 1 fully saturated rings. The molecule has 2 atom stereocenters. The van der Waals surface area contributed by atoms with Gasteiger partial charge in [-0.15, -0.1) is 0 Å². The van der Waals surface area contributed by atoms with Crippen LogP contribution in [0.3, 0.4) is 0 Å². The van der Waals surface area contributed by atoms with Crippen LogP contribution in [0.1, 0.15) is 38.2 Å². The molecular weight excluding hydrogens is 200 g/mol. The molecule has 0 saturated heterocycles. The van der Waals surface area contributed by atoms with E-state index in [1.165, 1.54) is 18.4 Å². The summed E-state index contributed by atoms with van der Waals surface area (Å²) < 4.78 is 5.13. The molecule has 0 radical (unpaired) electrons. The number of fused-ring (bicyclic) bond motifs is 1. The van der Waals surface area contributed by atoms with Gasteiger partial charge < -0.3 is 4.42 Å². The van der Waals surface area contributed by atoms with Crippen LogP contribution in [0.25, 0.3) is 5.57 Å². The van der Waals surface area contributed by atoms with Crippen molar-refractivity contribution < 1.29 is 9.21 Å². The van der Waals surface area contributed by atoms with Crippen molar-refractivity contribution in [3.63, 3.8) is 0 Å². The number of ketones is 1. The van der Waals surface area contributed by atoms with Crippen LogP contribution in [-0.2, 0) is 4.79 Å². The Labute approximate surface area is 95.3 Å². The molecule has 0 aliphatic heterocycles. The third-order valence-electron chi connectivity index (χ3n) is 4.29. The number of furan rings is 1. The second-order valence-corrected chi connectivity index (χ2v) is 5.19. The quantitative estimate of drug-likeness (QED) is 0.719. The molecular formula is C14H16O2. The number of hydrogen-bond acceptors (Lipinski definition) is 2. The van der Waals surface area contributed by atoms with Crippen LogP contribution in [0, 0.1) is 11.3 Å². The fourth-order valence-corrected chi connectivity index (χ4v) is 3.35. The lowest BCUT2D eigenvalue weighted by Crippen LogP contribution is -2.31. The fourth-order valence-electron chi connectivity index (χ4n) is 3.35. The zero-order valence-electron chi connectivity index (χ0n) is 9.53. The van der Waals surface area contributed by atoms with Crippen LogP contribution in [0.15, 0.2) is 29.1 Å². The van der Waals surface area contributed by atoms with E-state index in [0.29, 0.717) is 5.78 Å². The molecule has 0 unspecified atom stereocenters. The maximum absolute atomic E-state index is 12.0. The van der Waals surface area contributed by atoms with Gasteiger partial charge in [0.1, 0.15) is 0 Å². The Hall–Kier alpha value is -1.31. The molecule has 0 N–H and O–H groups in total. The average molecular weight is 216 g/mol. The van der Waals surface area contributed by atoms with Crippen molar-refractivity contribution in [1.82, 2.24) is 0 Å². The molecule has 0 amide bonds. The Balaban J connectivity index is 2.05. The fraction of sp³-hybridized carbons (Fsp3) is 0.500. The summed E-state index contributed by atoms with van der Waals surface area (Å²) in [6.07, 6.45) is 9.88. The van der Waals surface area contributed by atoms with Gasteiger partial charge in [-0.05, 0) is 30.6 Å². The highest BCUT2D eigenvalue weighted by atomic mass is 16.3. The minimum absolute atomic E-state index is 0.0548. The lowest BCUT2D eigenvalue weighted by molar-refractivity contribution is -0.120. The molecule has 2 nitrogen and oxygen atoms in total. The summed E-state index contributed by atoms with van der Waals surface area (Å²) >= 11 is 0. The van der Waals surface area contributed by atoms with Gasteiger partial charge in [0.05, 0.1) is 12.5 Å². The van der Waals surface area contributed by atoms with E-state index in [2.05, 4.69) is 6.92 Å². The van der Waals surface area contributed by atoms with Gasteiger partial charge in [-0.2, -0.15) is 0 Å². The van der Waals surface area contributed by atoms with Gasteiger partial charge in [0.2, 0.25) is 0 Å². The molecule has 2 heteroatoms. The molecule has 1 saturated carbocycles.